The van der Waals surface area contributed by atoms with Crippen LogP contribution in [0.4, 0.5) is 5.69 Å². The van der Waals surface area contributed by atoms with E-state index in [0.717, 1.165) is 34.3 Å². The number of hydrazone groups is 2. The second-order valence-electron chi connectivity index (χ2n) is 7.16. The van der Waals surface area contributed by atoms with Gasteiger partial charge in [-0.3, -0.25) is 10.4 Å². The third kappa shape index (κ3) is 3.65. The summed E-state index contributed by atoms with van der Waals surface area (Å²) in [5.74, 6) is 0. The highest BCUT2D eigenvalue weighted by Crippen LogP contribution is 2.31. The van der Waals surface area contributed by atoms with Crippen LogP contribution in [-0.2, 0) is 0 Å². The number of nitrogens with zero attached hydrogens (tertiary/aromatic N) is 4. The molecule has 1 unspecified atom stereocenters. The number of nitrogens with one attached hydrogen (secondary N) is 1. The molecule has 1 aliphatic rings. The molecule has 5 heteroatoms. The zero-order chi connectivity index (χ0) is 20.2. The van der Waals surface area contributed by atoms with Crippen molar-refractivity contribution >= 4 is 28.6 Å². The molecule has 2 heterocycles. The molecule has 4 aromatic rings. The molecule has 0 spiro atoms. The monoisotopic (exact) mass is 391 g/mol. The van der Waals surface area contributed by atoms with Crippen LogP contribution in [0.5, 0.6) is 0 Å². The van der Waals surface area contributed by atoms with E-state index in [9.17, 15) is 0 Å². The summed E-state index contributed by atoms with van der Waals surface area (Å²) < 4.78 is 0. The predicted molar refractivity (Wildman–Crippen MR) is 122 cm³/mol. The fourth-order valence-electron chi connectivity index (χ4n) is 3.74. The lowest BCUT2D eigenvalue weighted by atomic mass is 9.99. The van der Waals surface area contributed by atoms with E-state index in [1.807, 2.05) is 59.6 Å². The molecule has 0 saturated heterocycles. The van der Waals surface area contributed by atoms with Crippen LogP contribution >= 0.6 is 0 Å². The fourth-order valence-corrected chi connectivity index (χ4v) is 3.74. The summed E-state index contributed by atoms with van der Waals surface area (Å²) in [7, 11) is 0. The topological polar surface area (TPSA) is 52.9 Å². The lowest BCUT2D eigenvalue weighted by Crippen LogP contribution is -2.18. The predicted octanol–water partition coefficient (Wildman–Crippen LogP) is 5.44. The summed E-state index contributed by atoms with van der Waals surface area (Å²) in [5.41, 5.74) is 8.31. The summed E-state index contributed by atoms with van der Waals surface area (Å²) in [4.78, 5) is 4.47. The molecule has 146 valence electrons. The van der Waals surface area contributed by atoms with E-state index >= 15 is 0 Å². The highest BCUT2D eigenvalue weighted by Gasteiger charge is 2.27. The fraction of sp³-hybridized carbons (Fsp3) is 0.0800. The Bertz CT molecular complexity index is 1200. The third-order valence-electron chi connectivity index (χ3n) is 5.23. The van der Waals surface area contributed by atoms with Crippen molar-refractivity contribution < 1.29 is 0 Å². The van der Waals surface area contributed by atoms with E-state index in [2.05, 4.69) is 51.9 Å². The number of pyridine rings is 1. The molecule has 1 aliphatic heterocycles. The zero-order valence-electron chi connectivity index (χ0n) is 16.4. The lowest BCUT2D eigenvalue weighted by Gasteiger charge is -2.19. The van der Waals surface area contributed by atoms with E-state index in [-0.39, 0.29) is 6.04 Å². The summed E-state index contributed by atoms with van der Waals surface area (Å²) in [6, 6.07) is 30.8. The van der Waals surface area contributed by atoms with Gasteiger partial charge in [0.05, 0.1) is 23.0 Å². The van der Waals surface area contributed by atoms with Gasteiger partial charge >= 0.3 is 0 Å². The first-order valence-corrected chi connectivity index (χ1v) is 9.97. The van der Waals surface area contributed by atoms with Crippen LogP contribution in [-0.4, -0.2) is 22.0 Å². The Morgan fingerprint density at radius 3 is 2.47 bits per heavy atom. The highest BCUT2D eigenvalue weighted by molar-refractivity contribution is 6.02. The van der Waals surface area contributed by atoms with Gasteiger partial charge in [0.15, 0.2) is 0 Å². The molecule has 1 N–H and O–H groups in total. The second kappa shape index (κ2) is 8.17. The second-order valence-corrected chi connectivity index (χ2v) is 7.16. The summed E-state index contributed by atoms with van der Waals surface area (Å²) in [6.07, 6.45) is 4.38. The highest BCUT2D eigenvalue weighted by atomic mass is 15.5. The van der Waals surface area contributed by atoms with Gasteiger partial charge in [-0.15, -0.1) is 0 Å². The average molecular weight is 391 g/mol. The van der Waals surface area contributed by atoms with Crippen LogP contribution in [0.15, 0.2) is 107 Å². The molecule has 0 amide bonds. The Labute approximate surface area is 175 Å². The molecule has 1 aromatic heterocycles. The Morgan fingerprint density at radius 1 is 0.867 bits per heavy atom. The van der Waals surface area contributed by atoms with Crippen LogP contribution in [0.2, 0.25) is 0 Å². The molecule has 0 aliphatic carbocycles. The van der Waals surface area contributed by atoms with Crippen molar-refractivity contribution in [1.29, 1.82) is 0 Å². The van der Waals surface area contributed by atoms with Gasteiger partial charge in [0.1, 0.15) is 6.34 Å². The number of hydrogen-bond acceptors (Lipinski definition) is 4. The molecule has 3 aromatic carbocycles. The van der Waals surface area contributed by atoms with Crippen molar-refractivity contribution in [1.82, 2.24) is 9.99 Å². The first-order valence-electron chi connectivity index (χ1n) is 9.97. The molecule has 5 nitrogen and oxygen atoms in total. The van der Waals surface area contributed by atoms with Gasteiger partial charge in [-0.1, -0.05) is 78.9 Å². The molecule has 5 rings (SSSR count). The van der Waals surface area contributed by atoms with Crippen molar-refractivity contribution in [2.45, 2.75) is 12.5 Å². The lowest BCUT2D eigenvalue weighted by molar-refractivity contribution is 0.381. The molecular formula is C25H21N5. The number of anilines is 1. The largest absolute Gasteiger partial charge is 0.275 e. The van der Waals surface area contributed by atoms with Crippen molar-refractivity contribution in [2.24, 2.45) is 10.2 Å². The molecule has 0 fully saturated rings. The Balaban J connectivity index is 1.42. The van der Waals surface area contributed by atoms with Gasteiger partial charge in [-0.05, 0) is 23.3 Å². The van der Waals surface area contributed by atoms with Gasteiger partial charge in [-0.2, -0.15) is 10.2 Å². The van der Waals surface area contributed by atoms with Gasteiger partial charge in [-0.25, -0.2) is 5.01 Å². The smallest absolute Gasteiger partial charge is 0.132 e. The number of hydrogen-bond donors (Lipinski definition) is 1. The standard InChI is InChI=1S/C25H21N5/c1-3-9-19(10-4-1)23-17-24(20-11-5-2-6-12-20)30(29-23)18-27-28-22-15-7-13-21-14-8-16-26-25(21)22/h1-16,18,24,28H,17H2/b27-18+. The average Bonchev–Trinajstić information content (AvgIpc) is 3.25. The van der Waals surface area contributed by atoms with Crippen LogP contribution in [0, 0.1) is 0 Å². The van der Waals surface area contributed by atoms with Crippen LogP contribution in [0.3, 0.4) is 0 Å². The van der Waals surface area contributed by atoms with Crippen LogP contribution in [0.25, 0.3) is 10.9 Å². The Morgan fingerprint density at radius 2 is 1.63 bits per heavy atom. The molecule has 0 radical (unpaired) electrons. The van der Waals surface area contributed by atoms with E-state index < -0.39 is 0 Å². The molecule has 1 atom stereocenters. The number of fused-ring (bicyclic) bond motifs is 1. The van der Waals surface area contributed by atoms with Gasteiger partial charge in [0, 0.05) is 18.0 Å². The number of para-hydroxylation sites is 1. The van der Waals surface area contributed by atoms with Crippen molar-refractivity contribution in [3.8, 4) is 0 Å². The minimum atomic E-state index is 0.109. The molecule has 30 heavy (non-hydrogen) atoms. The Hall–Kier alpha value is -3.99. The maximum atomic E-state index is 4.85. The molecule has 0 saturated carbocycles. The third-order valence-corrected chi connectivity index (χ3v) is 5.23. The van der Waals surface area contributed by atoms with E-state index in [1.54, 1.807) is 12.5 Å². The van der Waals surface area contributed by atoms with Gasteiger partial charge < -0.3 is 0 Å². The summed E-state index contributed by atoms with van der Waals surface area (Å²) in [5, 5.41) is 12.3. The minimum Gasteiger partial charge on any atom is -0.275 e. The SMILES string of the molecule is C(=N\Nc1cccc2cccnc12)/N1N=C(c2ccccc2)CC1c1ccccc1. The van der Waals surface area contributed by atoms with Crippen molar-refractivity contribution in [3.05, 3.63) is 108 Å². The van der Waals surface area contributed by atoms with E-state index in [4.69, 9.17) is 5.10 Å². The van der Waals surface area contributed by atoms with E-state index in [1.165, 1.54) is 5.56 Å². The quantitative estimate of drug-likeness (QED) is 0.280. The molecular weight excluding hydrogens is 370 g/mol. The van der Waals surface area contributed by atoms with Gasteiger partial charge in [0.25, 0.3) is 0 Å². The summed E-state index contributed by atoms with van der Waals surface area (Å²) in [6.45, 7) is 0. The summed E-state index contributed by atoms with van der Waals surface area (Å²) >= 11 is 0. The number of aromatic nitrogens is 1. The first kappa shape index (κ1) is 18.1. The van der Waals surface area contributed by atoms with E-state index in [0.29, 0.717) is 0 Å². The van der Waals surface area contributed by atoms with Crippen LogP contribution in [0.1, 0.15) is 23.6 Å². The molecule has 0 bridgehead atoms. The van der Waals surface area contributed by atoms with Gasteiger partial charge in [0.2, 0.25) is 0 Å². The maximum absolute atomic E-state index is 4.85. The number of rotatable bonds is 5. The minimum absolute atomic E-state index is 0.109. The first-order chi connectivity index (χ1) is 14.9. The zero-order valence-corrected chi connectivity index (χ0v) is 16.4. The van der Waals surface area contributed by atoms with Crippen molar-refractivity contribution in [2.75, 3.05) is 5.43 Å². The Kier molecular flexibility index (Phi) is 4.92. The van der Waals surface area contributed by atoms with Crippen LogP contribution < -0.4 is 5.43 Å². The van der Waals surface area contributed by atoms with Crippen molar-refractivity contribution in [3.63, 3.8) is 0 Å². The maximum Gasteiger partial charge on any atom is 0.132 e. The number of benzene rings is 3. The normalized spacial score (nSPS) is 16.2.